The molecule has 1 N–H and O–H groups in total. The highest BCUT2D eigenvalue weighted by Crippen LogP contribution is 2.32. The van der Waals surface area contributed by atoms with Gasteiger partial charge in [0.2, 0.25) is 5.91 Å². The summed E-state index contributed by atoms with van der Waals surface area (Å²) in [6.07, 6.45) is 0. The molecule has 9 heteroatoms. The summed E-state index contributed by atoms with van der Waals surface area (Å²) in [6, 6.07) is 20.8. The van der Waals surface area contributed by atoms with Gasteiger partial charge >= 0.3 is 0 Å². The molecule has 0 bridgehead atoms. The van der Waals surface area contributed by atoms with E-state index < -0.39 is 0 Å². The van der Waals surface area contributed by atoms with Gasteiger partial charge in [-0.3, -0.25) is 9.36 Å². The first-order chi connectivity index (χ1) is 16.6. The lowest BCUT2D eigenvalue weighted by Gasteiger charge is -2.19. The van der Waals surface area contributed by atoms with E-state index in [1.54, 1.807) is 18.2 Å². The number of halogens is 3. The van der Waals surface area contributed by atoms with Crippen molar-refractivity contribution in [2.24, 2.45) is 0 Å². The molecule has 1 heterocycles. The molecule has 0 fully saturated rings. The maximum Gasteiger partial charge on any atom is 0.234 e. The summed E-state index contributed by atoms with van der Waals surface area (Å²) in [4.78, 5) is 12.7. The van der Waals surface area contributed by atoms with Crippen LogP contribution in [0.5, 0.6) is 0 Å². The quantitative estimate of drug-likeness (QED) is 0.250. The topological polar surface area (TPSA) is 59.8 Å². The normalized spacial score (nSPS) is 11.5. The molecular formula is C26H23Cl3N4OS. The molecule has 4 aromatic rings. The van der Waals surface area contributed by atoms with Crippen molar-refractivity contribution in [3.05, 3.63) is 87.4 Å². The van der Waals surface area contributed by atoms with Crippen molar-refractivity contribution in [3.63, 3.8) is 0 Å². The highest BCUT2D eigenvalue weighted by molar-refractivity contribution is 7.99. The molecule has 35 heavy (non-hydrogen) atoms. The van der Waals surface area contributed by atoms with Gasteiger partial charge in [-0.15, -0.1) is 10.2 Å². The number of thioether (sulfide) groups is 1. The van der Waals surface area contributed by atoms with Crippen LogP contribution in [0.15, 0.2) is 71.9 Å². The zero-order valence-electron chi connectivity index (χ0n) is 19.3. The zero-order chi connectivity index (χ0) is 25.2. The maximum absolute atomic E-state index is 12.7. The highest BCUT2D eigenvalue weighted by Gasteiger charge is 2.19. The van der Waals surface area contributed by atoms with Gasteiger partial charge in [-0.05, 0) is 47.4 Å². The summed E-state index contributed by atoms with van der Waals surface area (Å²) in [6.45, 7) is 6.52. The molecule has 1 aromatic heterocycles. The minimum absolute atomic E-state index is 0.0430. The first-order valence-corrected chi connectivity index (χ1v) is 12.9. The fourth-order valence-electron chi connectivity index (χ4n) is 3.42. The summed E-state index contributed by atoms with van der Waals surface area (Å²) in [5.41, 5.74) is 3.41. The smallest absolute Gasteiger partial charge is 0.234 e. The van der Waals surface area contributed by atoms with Gasteiger partial charge in [0, 0.05) is 16.3 Å². The van der Waals surface area contributed by atoms with Crippen molar-refractivity contribution in [1.82, 2.24) is 14.8 Å². The first-order valence-electron chi connectivity index (χ1n) is 10.8. The van der Waals surface area contributed by atoms with Gasteiger partial charge in [0.05, 0.1) is 21.5 Å². The molecule has 180 valence electrons. The van der Waals surface area contributed by atoms with Gasteiger partial charge in [0.15, 0.2) is 11.0 Å². The predicted molar refractivity (Wildman–Crippen MR) is 146 cm³/mol. The lowest BCUT2D eigenvalue weighted by molar-refractivity contribution is -0.113. The van der Waals surface area contributed by atoms with E-state index in [4.69, 9.17) is 34.8 Å². The molecule has 5 nitrogen and oxygen atoms in total. The minimum atomic E-state index is -0.258. The Morgan fingerprint density at radius 2 is 1.54 bits per heavy atom. The van der Waals surface area contributed by atoms with Gasteiger partial charge in [-0.1, -0.05) is 97.7 Å². The number of benzene rings is 3. The Balaban J connectivity index is 1.63. The van der Waals surface area contributed by atoms with E-state index in [1.165, 1.54) is 17.3 Å². The van der Waals surface area contributed by atoms with Gasteiger partial charge in [-0.2, -0.15) is 0 Å². The van der Waals surface area contributed by atoms with E-state index in [2.05, 4.69) is 48.4 Å². The average molecular weight is 546 g/mol. The lowest BCUT2D eigenvalue weighted by atomic mass is 9.87. The Bertz CT molecular complexity index is 1330. The molecule has 0 saturated carbocycles. The molecule has 0 aliphatic carbocycles. The average Bonchev–Trinajstić information content (AvgIpc) is 3.24. The molecule has 0 atom stereocenters. The van der Waals surface area contributed by atoms with Crippen molar-refractivity contribution in [2.45, 2.75) is 31.3 Å². The molecule has 4 rings (SSSR count). The predicted octanol–water partition coefficient (Wildman–Crippen LogP) is 7.92. The third kappa shape index (κ3) is 6.01. The highest BCUT2D eigenvalue weighted by atomic mass is 35.5. The molecule has 0 aliphatic heterocycles. The SMILES string of the molecule is CC(C)(C)c1ccc(-c2nnc(SCC(=O)Nc3c(Cl)cccc3Cl)n2-c2ccc(Cl)cc2)cc1. The molecule has 1 amide bonds. The summed E-state index contributed by atoms with van der Waals surface area (Å²) in [5, 5.41) is 13.6. The van der Waals surface area contributed by atoms with E-state index in [0.29, 0.717) is 31.7 Å². The van der Waals surface area contributed by atoms with Crippen LogP contribution in [0.25, 0.3) is 17.1 Å². The molecular weight excluding hydrogens is 523 g/mol. The zero-order valence-corrected chi connectivity index (χ0v) is 22.4. The Kier molecular flexibility index (Phi) is 7.77. The Labute approximate surface area is 223 Å². The molecule has 0 saturated heterocycles. The van der Waals surface area contributed by atoms with E-state index in [9.17, 15) is 4.79 Å². The number of anilines is 1. The van der Waals surface area contributed by atoms with Gasteiger partial charge in [0.1, 0.15) is 0 Å². The maximum atomic E-state index is 12.7. The van der Waals surface area contributed by atoms with Crippen molar-refractivity contribution in [1.29, 1.82) is 0 Å². The fourth-order valence-corrected chi connectivity index (χ4v) is 4.79. The number of para-hydroxylation sites is 1. The van der Waals surface area contributed by atoms with Crippen LogP contribution >= 0.6 is 46.6 Å². The molecule has 0 aliphatic rings. The van der Waals surface area contributed by atoms with Gasteiger partial charge < -0.3 is 5.32 Å². The number of rotatable bonds is 6. The summed E-state index contributed by atoms with van der Waals surface area (Å²) < 4.78 is 1.92. The van der Waals surface area contributed by atoms with Crippen LogP contribution in [0.3, 0.4) is 0 Å². The van der Waals surface area contributed by atoms with E-state index in [0.717, 1.165) is 11.3 Å². The molecule has 3 aromatic carbocycles. The third-order valence-corrected chi connectivity index (χ3v) is 7.10. The van der Waals surface area contributed by atoms with E-state index >= 15 is 0 Å². The first kappa shape index (κ1) is 25.6. The standard InChI is InChI=1S/C26H23Cl3N4OS/c1-26(2,3)17-9-7-16(8-10-17)24-31-32-25(33(24)19-13-11-18(27)12-14-19)35-15-22(34)30-23-20(28)5-4-6-21(23)29/h4-14H,15H2,1-3H3,(H,30,34). The van der Waals surface area contributed by atoms with Crippen LogP contribution < -0.4 is 5.32 Å². The minimum Gasteiger partial charge on any atom is -0.323 e. The number of nitrogens with zero attached hydrogens (tertiary/aromatic N) is 3. The van der Waals surface area contributed by atoms with Gasteiger partial charge in [-0.25, -0.2) is 0 Å². The van der Waals surface area contributed by atoms with Crippen LogP contribution in [-0.2, 0) is 10.2 Å². The second-order valence-electron chi connectivity index (χ2n) is 8.88. The van der Waals surface area contributed by atoms with Crippen molar-refractivity contribution in [3.8, 4) is 17.1 Å². The summed E-state index contributed by atoms with van der Waals surface area (Å²) in [7, 11) is 0. The number of carbonyl (C=O) groups is 1. The Morgan fingerprint density at radius 3 is 2.14 bits per heavy atom. The number of amides is 1. The van der Waals surface area contributed by atoms with Crippen molar-refractivity contribution in [2.75, 3.05) is 11.1 Å². The van der Waals surface area contributed by atoms with Crippen molar-refractivity contribution < 1.29 is 4.79 Å². The fraction of sp³-hybridized carbons (Fsp3) is 0.192. The monoisotopic (exact) mass is 544 g/mol. The van der Waals surface area contributed by atoms with Crippen LogP contribution in [-0.4, -0.2) is 26.4 Å². The van der Waals surface area contributed by atoms with Crippen LogP contribution in [0.2, 0.25) is 15.1 Å². The third-order valence-electron chi connectivity index (χ3n) is 5.29. The number of nitrogens with one attached hydrogen (secondary N) is 1. The molecule has 0 radical (unpaired) electrons. The Hall–Kier alpha value is -2.51. The lowest BCUT2D eigenvalue weighted by Crippen LogP contribution is -2.15. The Morgan fingerprint density at radius 1 is 0.914 bits per heavy atom. The number of hydrogen-bond donors (Lipinski definition) is 1. The number of aromatic nitrogens is 3. The van der Waals surface area contributed by atoms with Crippen LogP contribution in [0.4, 0.5) is 5.69 Å². The second kappa shape index (κ2) is 10.6. The van der Waals surface area contributed by atoms with E-state index in [-0.39, 0.29) is 17.1 Å². The van der Waals surface area contributed by atoms with Crippen LogP contribution in [0.1, 0.15) is 26.3 Å². The molecule has 0 spiro atoms. The van der Waals surface area contributed by atoms with Gasteiger partial charge in [0.25, 0.3) is 0 Å². The molecule has 0 unspecified atom stereocenters. The van der Waals surface area contributed by atoms with Crippen molar-refractivity contribution >= 4 is 58.2 Å². The number of hydrogen-bond acceptors (Lipinski definition) is 4. The largest absolute Gasteiger partial charge is 0.323 e. The summed E-state index contributed by atoms with van der Waals surface area (Å²) in [5.74, 6) is 0.507. The van der Waals surface area contributed by atoms with Crippen LogP contribution in [0, 0.1) is 0 Å². The second-order valence-corrected chi connectivity index (χ2v) is 11.1. The van der Waals surface area contributed by atoms with E-state index in [1.807, 2.05) is 41.0 Å². The summed E-state index contributed by atoms with van der Waals surface area (Å²) >= 11 is 19.7. The number of carbonyl (C=O) groups excluding carboxylic acids is 1.